The molecule has 1 aromatic heterocycles. The van der Waals surface area contributed by atoms with Crippen molar-refractivity contribution in [1.29, 1.82) is 0 Å². The molecule has 0 aliphatic carbocycles. The average Bonchev–Trinajstić information content (AvgIpc) is 3.08. The van der Waals surface area contributed by atoms with Crippen molar-refractivity contribution in [3.63, 3.8) is 0 Å². The van der Waals surface area contributed by atoms with Crippen molar-refractivity contribution in [3.05, 3.63) is 64.4 Å². The first-order chi connectivity index (χ1) is 12.6. The lowest BCUT2D eigenvalue weighted by molar-refractivity contribution is -0.122. The van der Waals surface area contributed by atoms with Gasteiger partial charge in [-0.3, -0.25) is 14.7 Å². The Hall–Kier alpha value is -1.76. The predicted molar refractivity (Wildman–Crippen MR) is 105 cm³/mol. The highest BCUT2D eigenvalue weighted by Crippen LogP contribution is 2.17. The average molecular weight is 418 g/mol. The molecule has 1 aliphatic heterocycles. The number of nitrogens with zero attached hydrogens (tertiary/aromatic N) is 2. The van der Waals surface area contributed by atoms with Crippen LogP contribution in [0.3, 0.4) is 0 Å². The van der Waals surface area contributed by atoms with Gasteiger partial charge in [-0.2, -0.15) is 0 Å². The van der Waals surface area contributed by atoms with Crippen molar-refractivity contribution in [3.8, 4) is 0 Å². The highest BCUT2D eigenvalue weighted by molar-refractivity contribution is 9.10. The number of benzene rings is 1. The van der Waals surface area contributed by atoms with Gasteiger partial charge in [0.25, 0.3) is 0 Å². The molecule has 0 spiro atoms. The predicted octanol–water partition coefficient (Wildman–Crippen LogP) is 3.31. The van der Waals surface area contributed by atoms with Crippen molar-refractivity contribution < 1.29 is 9.53 Å². The van der Waals surface area contributed by atoms with Crippen molar-refractivity contribution in [2.45, 2.75) is 32.1 Å². The van der Waals surface area contributed by atoms with Crippen LogP contribution in [0.5, 0.6) is 0 Å². The Kier molecular flexibility index (Phi) is 6.77. The van der Waals surface area contributed by atoms with E-state index in [9.17, 15) is 4.79 Å². The van der Waals surface area contributed by atoms with Crippen LogP contribution in [0.25, 0.3) is 0 Å². The number of likely N-dealkylation sites (tertiary alicyclic amines) is 1. The second kappa shape index (κ2) is 9.26. The van der Waals surface area contributed by atoms with Crippen LogP contribution in [-0.2, 0) is 16.1 Å². The van der Waals surface area contributed by atoms with Gasteiger partial charge in [-0.05, 0) is 43.2 Å². The Labute approximate surface area is 162 Å². The molecule has 2 heterocycles. The summed E-state index contributed by atoms with van der Waals surface area (Å²) in [4.78, 5) is 18.7. The van der Waals surface area contributed by atoms with Crippen molar-refractivity contribution in [1.82, 2.24) is 15.2 Å². The summed E-state index contributed by atoms with van der Waals surface area (Å²) in [5.74, 6) is 0.0470. The third-order valence-corrected chi connectivity index (χ3v) is 5.07. The molecule has 1 amide bonds. The molecule has 2 aromatic rings. The topological polar surface area (TPSA) is 54.5 Å². The Balaban J connectivity index is 1.40. The maximum atomic E-state index is 12.3. The van der Waals surface area contributed by atoms with Gasteiger partial charge < -0.3 is 10.1 Å². The van der Waals surface area contributed by atoms with E-state index in [4.69, 9.17) is 4.74 Å². The quantitative estimate of drug-likeness (QED) is 0.750. The van der Waals surface area contributed by atoms with E-state index in [0.29, 0.717) is 13.2 Å². The van der Waals surface area contributed by atoms with E-state index in [0.717, 1.165) is 35.2 Å². The number of nitrogens with one attached hydrogen (secondary N) is 1. The number of carbonyl (C=O) groups is 1. The number of halogens is 1. The minimum Gasteiger partial charge on any atom is -0.371 e. The van der Waals surface area contributed by atoms with E-state index < -0.39 is 0 Å². The molecule has 1 aromatic carbocycles. The molecule has 6 heteroatoms. The highest BCUT2D eigenvalue weighted by Gasteiger charge is 2.25. The van der Waals surface area contributed by atoms with Crippen LogP contribution in [-0.4, -0.2) is 41.5 Å². The fourth-order valence-corrected chi connectivity index (χ4v) is 3.35. The Morgan fingerprint density at radius 1 is 1.35 bits per heavy atom. The Morgan fingerprint density at radius 3 is 2.88 bits per heavy atom. The van der Waals surface area contributed by atoms with Crippen molar-refractivity contribution in [2.24, 2.45) is 0 Å². The zero-order valence-electron chi connectivity index (χ0n) is 14.9. The van der Waals surface area contributed by atoms with Gasteiger partial charge in [0.2, 0.25) is 5.91 Å². The van der Waals surface area contributed by atoms with E-state index in [-0.39, 0.29) is 18.1 Å². The second-order valence-electron chi connectivity index (χ2n) is 6.62. The maximum Gasteiger partial charge on any atom is 0.234 e. The molecule has 1 aliphatic rings. The number of aromatic nitrogens is 1. The third-order valence-electron chi connectivity index (χ3n) is 4.54. The number of ether oxygens (including phenoxy) is 1. The van der Waals surface area contributed by atoms with Gasteiger partial charge in [0.05, 0.1) is 31.0 Å². The molecule has 26 heavy (non-hydrogen) atoms. The smallest absolute Gasteiger partial charge is 0.234 e. The van der Waals surface area contributed by atoms with E-state index in [1.165, 1.54) is 0 Å². The molecule has 3 rings (SSSR count). The second-order valence-corrected chi connectivity index (χ2v) is 7.53. The minimum absolute atomic E-state index is 0.00518. The summed E-state index contributed by atoms with van der Waals surface area (Å²) >= 11 is 3.43. The molecule has 1 N–H and O–H groups in total. The fourth-order valence-electron chi connectivity index (χ4n) is 3.09. The SMILES string of the molecule is C[C@H](NC(=O)CN1CC[C@@H](OCc2ccccn2)C1)c1ccc(Br)cc1. The van der Waals surface area contributed by atoms with Gasteiger partial charge >= 0.3 is 0 Å². The van der Waals surface area contributed by atoms with Gasteiger partial charge in [0.15, 0.2) is 0 Å². The summed E-state index contributed by atoms with van der Waals surface area (Å²) in [5, 5.41) is 3.07. The summed E-state index contributed by atoms with van der Waals surface area (Å²) in [6.07, 6.45) is 2.88. The van der Waals surface area contributed by atoms with E-state index in [1.807, 2.05) is 49.4 Å². The Morgan fingerprint density at radius 2 is 2.15 bits per heavy atom. The Bertz CT molecular complexity index is 709. The molecule has 138 valence electrons. The molecule has 5 nitrogen and oxygen atoms in total. The van der Waals surface area contributed by atoms with E-state index in [1.54, 1.807) is 6.20 Å². The van der Waals surface area contributed by atoms with Crippen LogP contribution in [0.1, 0.15) is 30.6 Å². The van der Waals surface area contributed by atoms with Gasteiger partial charge in [-0.1, -0.05) is 34.1 Å². The number of hydrogen-bond acceptors (Lipinski definition) is 4. The largest absolute Gasteiger partial charge is 0.371 e. The first-order valence-electron chi connectivity index (χ1n) is 8.89. The van der Waals surface area contributed by atoms with Gasteiger partial charge in [-0.25, -0.2) is 0 Å². The lowest BCUT2D eigenvalue weighted by Gasteiger charge is -2.19. The standard InChI is InChI=1S/C20H24BrN3O2/c1-15(16-5-7-17(21)8-6-16)23-20(25)13-24-11-9-19(12-24)26-14-18-4-2-3-10-22-18/h2-8,10,15,19H,9,11-14H2,1H3,(H,23,25)/t15-,19+/m0/s1. The van der Waals surface area contributed by atoms with Crippen molar-refractivity contribution in [2.75, 3.05) is 19.6 Å². The zero-order chi connectivity index (χ0) is 18.4. The summed E-state index contributed by atoms with van der Waals surface area (Å²) < 4.78 is 6.96. The molecule has 1 fully saturated rings. The first-order valence-corrected chi connectivity index (χ1v) is 9.68. The lowest BCUT2D eigenvalue weighted by Crippen LogP contribution is -2.37. The van der Waals surface area contributed by atoms with Gasteiger partial charge in [0.1, 0.15) is 0 Å². The van der Waals surface area contributed by atoms with Crippen LogP contribution in [0.2, 0.25) is 0 Å². The molecule has 1 saturated heterocycles. The summed E-state index contributed by atoms with van der Waals surface area (Å²) in [6.45, 7) is 4.60. The highest BCUT2D eigenvalue weighted by atomic mass is 79.9. The van der Waals surface area contributed by atoms with Crippen LogP contribution in [0.15, 0.2) is 53.1 Å². The van der Waals surface area contributed by atoms with Crippen LogP contribution in [0.4, 0.5) is 0 Å². The number of rotatable bonds is 7. The molecular formula is C20H24BrN3O2. The van der Waals surface area contributed by atoms with Gasteiger partial charge in [0, 0.05) is 23.8 Å². The minimum atomic E-state index is -0.00518. The maximum absolute atomic E-state index is 12.3. The zero-order valence-corrected chi connectivity index (χ0v) is 16.5. The summed E-state index contributed by atoms with van der Waals surface area (Å²) in [6, 6.07) is 13.8. The van der Waals surface area contributed by atoms with E-state index in [2.05, 4.69) is 31.1 Å². The normalized spacial score (nSPS) is 18.6. The lowest BCUT2D eigenvalue weighted by atomic mass is 10.1. The van der Waals surface area contributed by atoms with Crippen LogP contribution >= 0.6 is 15.9 Å². The molecule has 0 bridgehead atoms. The fraction of sp³-hybridized carbons (Fsp3) is 0.400. The summed E-state index contributed by atoms with van der Waals surface area (Å²) in [5.41, 5.74) is 2.03. The number of carbonyl (C=O) groups excluding carboxylic acids is 1. The van der Waals surface area contributed by atoms with E-state index >= 15 is 0 Å². The van der Waals surface area contributed by atoms with Crippen LogP contribution < -0.4 is 5.32 Å². The molecule has 0 saturated carbocycles. The third kappa shape index (κ3) is 5.62. The molecule has 0 unspecified atom stereocenters. The van der Waals surface area contributed by atoms with Crippen LogP contribution in [0, 0.1) is 0 Å². The summed E-state index contributed by atoms with van der Waals surface area (Å²) in [7, 11) is 0. The number of pyridine rings is 1. The first kappa shape index (κ1) is 19.0. The van der Waals surface area contributed by atoms with Gasteiger partial charge in [-0.15, -0.1) is 0 Å². The van der Waals surface area contributed by atoms with Crippen molar-refractivity contribution >= 4 is 21.8 Å². The molecular weight excluding hydrogens is 394 g/mol. The number of amides is 1. The molecule has 0 radical (unpaired) electrons. The monoisotopic (exact) mass is 417 g/mol. The molecule has 2 atom stereocenters. The number of hydrogen-bond donors (Lipinski definition) is 1.